The zero-order valence-corrected chi connectivity index (χ0v) is 12.1. The fraction of sp³-hybridized carbons (Fsp3) is 0.400. The van der Waals surface area contributed by atoms with Gasteiger partial charge >= 0.3 is 0 Å². The molecule has 1 aliphatic carbocycles. The summed E-state index contributed by atoms with van der Waals surface area (Å²) in [5.74, 6) is 1.53. The highest BCUT2D eigenvalue weighted by molar-refractivity contribution is 6.29. The lowest BCUT2D eigenvalue weighted by molar-refractivity contribution is 0.156. The van der Waals surface area contributed by atoms with E-state index in [4.69, 9.17) is 16.3 Å². The van der Waals surface area contributed by atoms with E-state index in [-0.39, 0.29) is 6.10 Å². The molecule has 0 aliphatic heterocycles. The number of aliphatic hydroxyl groups is 1. The Kier molecular flexibility index (Phi) is 3.68. The Morgan fingerprint density at radius 1 is 1.50 bits per heavy atom. The van der Waals surface area contributed by atoms with Gasteiger partial charge in [-0.2, -0.15) is 0 Å². The first-order chi connectivity index (χ1) is 9.65. The van der Waals surface area contributed by atoms with Gasteiger partial charge in [0, 0.05) is 7.05 Å². The molecule has 1 unspecified atom stereocenters. The molecule has 0 saturated heterocycles. The van der Waals surface area contributed by atoms with Gasteiger partial charge < -0.3 is 14.4 Å². The molecule has 2 aromatic rings. The molecule has 0 fully saturated rings. The Morgan fingerprint density at radius 3 is 3.10 bits per heavy atom. The fourth-order valence-corrected chi connectivity index (χ4v) is 2.69. The van der Waals surface area contributed by atoms with Crippen molar-refractivity contribution in [2.75, 3.05) is 0 Å². The van der Waals surface area contributed by atoms with E-state index in [0.717, 1.165) is 36.4 Å². The number of rotatable bonds is 3. The van der Waals surface area contributed by atoms with Gasteiger partial charge in [0.15, 0.2) is 0 Å². The molecule has 106 valence electrons. The largest absolute Gasteiger partial charge is 0.486 e. The molecule has 1 heterocycles. The van der Waals surface area contributed by atoms with Crippen molar-refractivity contribution in [3.63, 3.8) is 0 Å². The predicted octanol–water partition coefficient (Wildman–Crippen LogP) is 3.02. The summed E-state index contributed by atoms with van der Waals surface area (Å²) in [6, 6.07) is 5.92. The minimum absolute atomic E-state index is 0.359. The van der Waals surface area contributed by atoms with Gasteiger partial charge in [0.2, 0.25) is 0 Å². The Balaban J connectivity index is 1.75. The third-order valence-corrected chi connectivity index (χ3v) is 4.15. The number of ether oxygens (including phenoxy) is 1. The van der Waals surface area contributed by atoms with Gasteiger partial charge in [0.1, 0.15) is 23.3 Å². The van der Waals surface area contributed by atoms with Gasteiger partial charge in [-0.3, -0.25) is 0 Å². The second kappa shape index (κ2) is 5.46. The Bertz CT molecular complexity index is 624. The summed E-state index contributed by atoms with van der Waals surface area (Å²) in [5.41, 5.74) is 2.21. The van der Waals surface area contributed by atoms with Crippen LogP contribution in [0.3, 0.4) is 0 Å². The van der Waals surface area contributed by atoms with Gasteiger partial charge in [-0.05, 0) is 42.5 Å². The van der Waals surface area contributed by atoms with Crippen LogP contribution in [0.25, 0.3) is 0 Å². The Hall–Kier alpha value is -1.52. The molecule has 0 amide bonds. The molecule has 20 heavy (non-hydrogen) atoms. The maximum absolute atomic E-state index is 10.0. The number of benzene rings is 1. The minimum Gasteiger partial charge on any atom is -0.486 e. The van der Waals surface area contributed by atoms with Crippen LogP contribution in [-0.2, 0) is 20.1 Å². The summed E-state index contributed by atoms with van der Waals surface area (Å²) in [4.78, 5) is 4.19. The highest BCUT2D eigenvalue weighted by Gasteiger charge is 2.18. The molecule has 1 N–H and O–H groups in total. The van der Waals surface area contributed by atoms with Gasteiger partial charge in [-0.25, -0.2) is 4.98 Å². The van der Waals surface area contributed by atoms with E-state index in [1.165, 1.54) is 5.56 Å². The number of aryl methyl sites for hydroxylation is 1. The molecule has 0 spiro atoms. The van der Waals surface area contributed by atoms with E-state index in [2.05, 4.69) is 4.98 Å². The third kappa shape index (κ3) is 2.53. The molecular formula is C15H17ClN2O2. The van der Waals surface area contributed by atoms with E-state index >= 15 is 0 Å². The van der Waals surface area contributed by atoms with Crippen molar-refractivity contribution in [3.05, 3.63) is 46.5 Å². The highest BCUT2D eigenvalue weighted by atomic mass is 35.5. The maximum Gasteiger partial charge on any atom is 0.147 e. The van der Waals surface area contributed by atoms with Crippen molar-refractivity contribution in [1.82, 2.24) is 9.55 Å². The molecule has 1 aliphatic rings. The van der Waals surface area contributed by atoms with Gasteiger partial charge in [0.05, 0.1) is 12.3 Å². The van der Waals surface area contributed by atoms with Gasteiger partial charge in [-0.15, -0.1) is 0 Å². The van der Waals surface area contributed by atoms with Crippen LogP contribution in [0.2, 0.25) is 5.15 Å². The maximum atomic E-state index is 10.0. The third-order valence-electron chi connectivity index (χ3n) is 3.80. The van der Waals surface area contributed by atoms with E-state index in [9.17, 15) is 5.11 Å². The van der Waals surface area contributed by atoms with Crippen LogP contribution in [0, 0.1) is 0 Å². The second-order valence-corrected chi connectivity index (χ2v) is 5.50. The van der Waals surface area contributed by atoms with Gasteiger partial charge in [-0.1, -0.05) is 17.7 Å². The summed E-state index contributed by atoms with van der Waals surface area (Å²) in [6.45, 7) is 0.359. The lowest BCUT2D eigenvalue weighted by atomic mass is 9.89. The Morgan fingerprint density at radius 2 is 2.35 bits per heavy atom. The molecule has 5 heteroatoms. The number of aliphatic hydroxyl groups excluding tert-OH is 1. The van der Waals surface area contributed by atoms with Crippen molar-refractivity contribution in [2.45, 2.75) is 32.0 Å². The van der Waals surface area contributed by atoms with E-state index < -0.39 is 0 Å². The van der Waals surface area contributed by atoms with Crippen LogP contribution >= 0.6 is 11.6 Å². The quantitative estimate of drug-likeness (QED) is 0.946. The van der Waals surface area contributed by atoms with Crippen molar-refractivity contribution >= 4 is 11.6 Å². The minimum atomic E-state index is -0.370. The van der Waals surface area contributed by atoms with E-state index in [1.54, 1.807) is 10.8 Å². The average Bonchev–Trinajstić information content (AvgIpc) is 2.77. The monoisotopic (exact) mass is 292 g/mol. The van der Waals surface area contributed by atoms with Crippen molar-refractivity contribution in [2.24, 2.45) is 7.05 Å². The smallest absolute Gasteiger partial charge is 0.147 e. The summed E-state index contributed by atoms with van der Waals surface area (Å²) >= 11 is 5.94. The first-order valence-corrected chi connectivity index (χ1v) is 7.12. The topological polar surface area (TPSA) is 47.3 Å². The molecular weight excluding hydrogens is 276 g/mol. The first kappa shape index (κ1) is 13.5. The number of aromatic nitrogens is 2. The number of nitrogens with zero attached hydrogens (tertiary/aromatic N) is 2. The number of hydrogen-bond acceptors (Lipinski definition) is 3. The number of fused-ring (bicyclic) bond motifs is 1. The standard InChI is InChI=1S/C15H17ClN2O2/c1-18-14(16)8-17-15(18)9-20-11-6-5-10-3-2-4-13(19)12(10)7-11/h5-8,13,19H,2-4,9H2,1H3. The predicted molar refractivity (Wildman–Crippen MR) is 76.9 cm³/mol. The number of imidazole rings is 1. The molecule has 0 saturated carbocycles. The summed E-state index contributed by atoms with van der Waals surface area (Å²) in [6.07, 6.45) is 4.13. The van der Waals surface area contributed by atoms with Crippen LogP contribution < -0.4 is 4.74 Å². The van der Waals surface area contributed by atoms with E-state index in [1.807, 2.05) is 25.2 Å². The normalized spacial score (nSPS) is 17.9. The van der Waals surface area contributed by atoms with Crippen molar-refractivity contribution in [1.29, 1.82) is 0 Å². The summed E-state index contributed by atoms with van der Waals surface area (Å²) < 4.78 is 7.53. The van der Waals surface area contributed by atoms with Crippen LogP contribution in [0.15, 0.2) is 24.4 Å². The lowest BCUT2D eigenvalue weighted by Gasteiger charge is -2.21. The molecule has 3 rings (SSSR count). The molecule has 1 aromatic carbocycles. The Labute approximate surface area is 123 Å². The molecule has 0 bridgehead atoms. The fourth-order valence-electron chi connectivity index (χ4n) is 2.55. The summed E-state index contributed by atoms with van der Waals surface area (Å²) in [7, 11) is 1.85. The number of halogens is 1. The molecule has 4 nitrogen and oxygen atoms in total. The van der Waals surface area contributed by atoms with Gasteiger partial charge in [0.25, 0.3) is 0 Å². The van der Waals surface area contributed by atoms with Crippen LogP contribution in [0.1, 0.15) is 35.9 Å². The SMILES string of the molecule is Cn1c(Cl)cnc1COc1ccc2c(c1)C(O)CCC2. The molecule has 0 radical (unpaired) electrons. The zero-order valence-electron chi connectivity index (χ0n) is 11.3. The highest BCUT2D eigenvalue weighted by Crippen LogP contribution is 2.32. The van der Waals surface area contributed by atoms with Crippen LogP contribution in [0.4, 0.5) is 0 Å². The summed E-state index contributed by atoms with van der Waals surface area (Å²) in [5, 5.41) is 10.6. The lowest BCUT2D eigenvalue weighted by Crippen LogP contribution is -2.10. The first-order valence-electron chi connectivity index (χ1n) is 6.75. The zero-order chi connectivity index (χ0) is 14.1. The van der Waals surface area contributed by atoms with E-state index in [0.29, 0.717) is 11.8 Å². The second-order valence-electron chi connectivity index (χ2n) is 5.11. The van der Waals surface area contributed by atoms with Crippen molar-refractivity contribution in [3.8, 4) is 5.75 Å². The molecule has 1 aromatic heterocycles. The number of hydrogen-bond donors (Lipinski definition) is 1. The van der Waals surface area contributed by atoms with Crippen LogP contribution in [0.5, 0.6) is 5.75 Å². The van der Waals surface area contributed by atoms with Crippen LogP contribution in [-0.4, -0.2) is 14.7 Å². The van der Waals surface area contributed by atoms with Crippen molar-refractivity contribution < 1.29 is 9.84 Å². The molecule has 1 atom stereocenters. The average molecular weight is 293 g/mol.